The number of ether oxygens (including phenoxy) is 3. The fourth-order valence-corrected chi connectivity index (χ4v) is 3.34. The molecular formula is C18H33NO4. The third kappa shape index (κ3) is 5.03. The molecule has 5 heteroatoms. The number of piperidine rings is 1. The predicted octanol–water partition coefficient (Wildman–Crippen LogP) is 3.34. The number of likely N-dealkylation sites (tertiary alicyclic amines) is 1. The minimum absolute atomic E-state index is 0.00508. The number of carbonyl (C=O) groups excluding carboxylic acids is 1. The van der Waals surface area contributed by atoms with Gasteiger partial charge in [0.05, 0.1) is 13.2 Å². The van der Waals surface area contributed by atoms with Crippen LogP contribution in [-0.4, -0.2) is 48.7 Å². The van der Waals surface area contributed by atoms with Gasteiger partial charge in [0.1, 0.15) is 0 Å². The molecule has 0 N–H and O–H groups in total. The van der Waals surface area contributed by atoms with Gasteiger partial charge in [-0.1, -0.05) is 6.58 Å². The van der Waals surface area contributed by atoms with Crippen LogP contribution in [0, 0.1) is 5.92 Å². The number of esters is 1. The third-order valence-electron chi connectivity index (χ3n) is 4.87. The van der Waals surface area contributed by atoms with Gasteiger partial charge >= 0.3 is 12.4 Å². The molecule has 0 spiro atoms. The minimum atomic E-state index is -0.957. The van der Waals surface area contributed by atoms with Crippen molar-refractivity contribution < 1.29 is 19.0 Å². The highest BCUT2D eigenvalue weighted by molar-refractivity contribution is 5.88. The first-order valence-electron chi connectivity index (χ1n) is 8.42. The molecule has 0 aromatic rings. The van der Waals surface area contributed by atoms with Crippen LogP contribution in [-0.2, 0) is 19.0 Å². The van der Waals surface area contributed by atoms with Gasteiger partial charge in [-0.2, -0.15) is 0 Å². The highest BCUT2D eigenvalue weighted by Gasteiger charge is 2.44. The zero-order valence-electron chi connectivity index (χ0n) is 15.8. The number of carbonyl (C=O) groups is 1. The van der Waals surface area contributed by atoms with Crippen LogP contribution in [0.1, 0.15) is 54.4 Å². The Morgan fingerprint density at radius 1 is 1.13 bits per heavy atom. The Balaban J connectivity index is 2.78. The minimum Gasteiger partial charge on any atom is -0.407 e. The van der Waals surface area contributed by atoms with Crippen LogP contribution in [0.4, 0.5) is 0 Å². The van der Waals surface area contributed by atoms with E-state index in [0.29, 0.717) is 18.8 Å². The lowest BCUT2D eigenvalue weighted by Crippen LogP contribution is -2.59. The molecule has 0 aliphatic carbocycles. The van der Waals surface area contributed by atoms with E-state index in [2.05, 4.69) is 46.2 Å². The van der Waals surface area contributed by atoms with Crippen LogP contribution in [0.15, 0.2) is 12.2 Å². The van der Waals surface area contributed by atoms with E-state index in [1.54, 1.807) is 0 Å². The second-order valence-corrected chi connectivity index (χ2v) is 7.42. The molecule has 5 nitrogen and oxygen atoms in total. The lowest BCUT2D eigenvalue weighted by molar-refractivity contribution is -0.270. The van der Waals surface area contributed by atoms with Crippen molar-refractivity contribution in [3.05, 3.63) is 12.2 Å². The molecule has 1 saturated heterocycles. The molecule has 0 radical (unpaired) electrons. The summed E-state index contributed by atoms with van der Waals surface area (Å²) in [5.41, 5.74) is 0.493. The van der Waals surface area contributed by atoms with E-state index >= 15 is 0 Å². The molecule has 0 amide bonds. The van der Waals surface area contributed by atoms with Gasteiger partial charge in [-0.25, -0.2) is 4.79 Å². The van der Waals surface area contributed by atoms with Crippen LogP contribution in [0.25, 0.3) is 0 Å². The van der Waals surface area contributed by atoms with Crippen LogP contribution in [0.5, 0.6) is 0 Å². The van der Waals surface area contributed by atoms with E-state index in [1.807, 2.05) is 13.8 Å². The Bertz CT molecular complexity index is 407. The Hall–Kier alpha value is -0.910. The molecule has 134 valence electrons. The number of hydrogen-bond acceptors (Lipinski definition) is 5. The first kappa shape index (κ1) is 20.1. The van der Waals surface area contributed by atoms with Crippen molar-refractivity contribution in [3.8, 4) is 0 Å². The Morgan fingerprint density at radius 3 is 1.96 bits per heavy atom. The largest absolute Gasteiger partial charge is 0.407 e. The Morgan fingerprint density at radius 2 is 1.57 bits per heavy atom. The van der Waals surface area contributed by atoms with Crippen molar-refractivity contribution in [2.45, 2.75) is 71.9 Å². The average molecular weight is 327 g/mol. The summed E-state index contributed by atoms with van der Waals surface area (Å²) >= 11 is 0. The molecule has 0 bridgehead atoms. The quantitative estimate of drug-likeness (QED) is 0.408. The molecule has 0 aromatic heterocycles. The highest BCUT2D eigenvalue weighted by Crippen LogP contribution is 2.42. The highest BCUT2D eigenvalue weighted by atomic mass is 16.9. The number of hydrogen-bond donors (Lipinski definition) is 0. The first-order chi connectivity index (χ1) is 10.5. The summed E-state index contributed by atoms with van der Waals surface area (Å²) in [6.07, 6.45) is 1.74. The van der Waals surface area contributed by atoms with Gasteiger partial charge < -0.3 is 14.2 Å². The maximum absolute atomic E-state index is 12.4. The van der Waals surface area contributed by atoms with Crippen LogP contribution < -0.4 is 0 Å². The van der Waals surface area contributed by atoms with E-state index in [-0.39, 0.29) is 17.0 Å². The third-order valence-corrected chi connectivity index (χ3v) is 4.87. The molecule has 0 saturated carbocycles. The summed E-state index contributed by atoms with van der Waals surface area (Å²) in [5, 5.41) is 0. The molecule has 1 aliphatic rings. The number of nitrogens with zero attached hydrogens (tertiary/aromatic N) is 1. The molecule has 1 aliphatic heterocycles. The molecule has 0 unspecified atom stereocenters. The Kier molecular flexibility index (Phi) is 6.81. The fourth-order valence-electron chi connectivity index (χ4n) is 3.34. The molecule has 1 fully saturated rings. The zero-order valence-corrected chi connectivity index (χ0v) is 15.8. The SMILES string of the molecule is C=C(C(=O)OC(OCC)OCC)C1CC(C)(C)N(C)C(C)(C)C1. The van der Waals surface area contributed by atoms with Crippen molar-refractivity contribution in [2.24, 2.45) is 5.92 Å². The van der Waals surface area contributed by atoms with Crippen molar-refractivity contribution in [2.75, 3.05) is 20.3 Å². The smallest absolute Gasteiger partial charge is 0.337 e. The molecule has 0 aromatic carbocycles. The summed E-state index contributed by atoms with van der Waals surface area (Å²) in [7, 11) is 2.14. The zero-order chi connectivity index (χ0) is 17.8. The Labute approximate surface area is 141 Å². The van der Waals surface area contributed by atoms with E-state index in [1.165, 1.54) is 0 Å². The van der Waals surface area contributed by atoms with Crippen molar-refractivity contribution in [1.29, 1.82) is 0 Å². The van der Waals surface area contributed by atoms with Gasteiger partial charge in [0.25, 0.3) is 0 Å². The molecular weight excluding hydrogens is 294 g/mol. The van der Waals surface area contributed by atoms with E-state index in [0.717, 1.165) is 12.8 Å². The normalized spacial score (nSPS) is 21.4. The second-order valence-electron chi connectivity index (χ2n) is 7.42. The summed E-state index contributed by atoms with van der Waals surface area (Å²) < 4.78 is 15.9. The molecule has 0 atom stereocenters. The van der Waals surface area contributed by atoms with Crippen molar-refractivity contribution in [3.63, 3.8) is 0 Å². The van der Waals surface area contributed by atoms with Gasteiger partial charge in [0.2, 0.25) is 0 Å². The number of rotatable bonds is 7. The van der Waals surface area contributed by atoms with E-state index in [9.17, 15) is 4.79 Å². The van der Waals surface area contributed by atoms with E-state index in [4.69, 9.17) is 14.2 Å². The van der Waals surface area contributed by atoms with Gasteiger partial charge in [0.15, 0.2) is 0 Å². The first-order valence-corrected chi connectivity index (χ1v) is 8.42. The van der Waals surface area contributed by atoms with E-state index < -0.39 is 12.4 Å². The average Bonchev–Trinajstić information content (AvgIpc) is 2.43. The summed E-state index contributed by atoms with van der Waals surface area (Å²) in [6, 6.07) is 0. The molecule has 23 heavy (non-hydrogen) atoms. The topological polar surface area (TPSA) is 48.0 Å². The summed E-state index contributed by atoms with van der Waals surface area (Å²) in [6.45, 7) is 16.3. The predicted molar refractivity (Wildman–Crippen MR) is 90.9 cm³/mol. The maximum atomic E-state index is 12.4. The maximum Gasteiger partial charge on any atom is 0.337 e. The fraction of sp³-hybridized carbons (Fsp3) is 0.833. The monoisotopic (exact) mass is 327 g/mol. The van der Waals surface area contributed by atoms with Crippen LogP contribution in [0.2, 0.25) is 0 Å². The lowest BCUT2D eigenvalue weighted by atomic mass is 9.71. The summed E-state index contributed by atoms with van der Waals surface area (Å²) in [4.78, 5) is 14.8. The van der Waals surface area contributed by atoms with Crippen molar-refractivity contribution >= 4 is 5.97 Å². The van der Waals surface area contributed by atoms with Gasteiger partial charge in [-0.05, 0) is 67.3 Å². The molecule has 1 rings (SSSR count). The second kappa shape index (κ2) is 7.77. The standard InChI is InChI=1S/C18H33NO4/c1-9-21-16(22-10-2)23-15(20)13(3)14-11-17(4,5)19(8)18(6,7)12-14/h14,16H,3,9-12H2,1-2,4-8H3. The van der Waals surface area contributed by atoms with Crippen LogP contribution in [0.3, 0.4) is 0 Å². The van der Waals surface area contributed by atoms with Gasteiger partial charge in [-0.15, -0.1) is 0 Å². The van der Waals surface area contributed by atoms with Crippen LogP contribution >= 0.6 is 0 Å². The summed E-state index contributed by atoms with van der Waals surface area (Å²) in [5.74, 6) is -0.342. The van der Waals surface area contributed by atoms with Gasteiger partial charge in [0, 0.05) is 16.7 Å². The van der Waals surface area contributed by atoms with Crippen molar-refractivity contribution in [1.82, 2.24) is 4.90 Å². The molecule has 1 heterocycles. The lowest BCUT2D eigenvalue weighted by Gasteiger charge is -2.53. The van der Waals surface area contributed by atoms with Gasteiger partial charge in [-0.3, -0.25) is 4.90 Å².